The van der Waals surface area contributed by atoms with Crippen molar-refractivity contribution in [2.45, 2.75) is 61.6 Å². The lowest BCUT2D eigenvalue weighted by Gasteiger charge is -2.34. The number of halogens is 7. The average Bonchev–Trinajstić information content (AvgIpc) is 3.53. The highest BCUT2D eigenvalue weighted by Crippen LogP contribution is 2.51. The first kappa shape index (κ1) is 30.1. The van der Waals surface area contributed by atoms with E-state index in [4.69, 9.17) is 4.42 Å². The molecule has 2 aromatic rings. The number of alkyl halides is 7. The SMILES string of the molecule is N#CC1(NC(=O)C2CCC(F)(F)C[C@H]2c2oc(C(F)(F)C(F)(F)F)nc2-c2ccc(N3CCS(=O)(=O)CC3)cc2)CC1. The third-order valence-corrected chi connectivity index (χ3v) is 9.56. The van der Waals surface area contributed by atoms with Crippen molar-refractivity contribution in [2.75, 3.05) is 29.5 Å². The minimum absolute atomic E-state index is 0.0323. The monoisotopic (exact) mass is 622 g/mol. The largest absolute Gasteiger partial charge is 0.463 e. The van der Waals surface area contributed by atoms with Crippen LogP contribution in [0.15, 0.2) is 28.7 Å². The molecule has 1 aromatic heterocycles. The lowest BCUT2D eigenvalue weighted by Crippen LogP contribution is -2.45. The molecule has 1 unspecified atom stereocenters. The van der Waals surface area contributed by atoms with Crippen LogP contribution in [0.25, 0.3) is 11.3 Å². The zero-order valence-electron chi connectivity index (χ0n) is 21.9. The van der Waals surface area contributed by atoms with Crippen LogP contribution in [-0.2, 0) is 20.6 Å². The van der Waals surface area contributed by atoms with Gasteiger partial charge in [-0.1, -0.05) is 12.1 Å². The molecule has 3 aliphatic rings. The lowest BCUT2D eigenvalue weighted by atomic mass is 9.74. The van der Waals surface area contributed by atoms with Gasteiger partial charge >= 0.3 is 12.1 Å². The third-order valence-electron chi connectivity index (χ3n) is 7.95. The number of nitriles is 1. The van der Waals surface area contributed by atoms with Gasteiger partial charge in [0.1, 0.15) is 17.0 Å². The van der Waals surface area contributed by atoms with Crippen LogP contribution in [0.3, 0.4) is 0 Å². The van der Waals surface area contributed by atoms with E-state index in [0.29, 0.717) is 18.5 Å². The molecule has 2 heterocycles. The molecule has 0 bridgehead atoms. The van der Waals surface area contributed by atoms with Crippen LogP contribution < -0.4 is 10.2 Å². The first-order chi connectivity index (χ1) is 19.5. The van der Waals surface area contributed by atoms with Gasteiger partial charge in [-0.25, -0.2) is 22.2 Å². The van der Waals surface area contributed by atoms with E-state index in [-0.39, 0.29) is 30.2 Å². The van der Waals surface area contributed by atoms with Gasteiger partial charge in [-0.05, 0) is 31.4 Å². The maximum Gasteiger partial charge on any atom is 0.463 e. The van der Waals surface area contributed by atoms with Crippen LogP contribution >= 0.6 is 0 Å². The number of amides is 1. The highest BCUT2D eigenvalue weighted by Gasteiger charge is 2.63. The fraction of sp³-hybridized carbons (Fsp3) is 0.577. The number of oxazole rings is 1. The molecule has 0 radical (unpaired) electrons. The summed E-state index contributed by atoms with van der Waals surface area (Å²) in [4.78, 5) is 18.3. The van der Waals surface area contributed by atoms with E-state index in [2.05, 4.69) is 10.3 Å². The Bertz CT molecular complexity index is 1500. The van der Waals surface area contributed by atoms with Gasteiger partial charge in [-0.3, -0.25) is 4.79 Å². The van der Waals surface area contributed by atoms with Gasteiger partial charge in [0.2, 0.25) is 11.8 Å². The summed E-state index contributed by atoms with van der Waals surface area (Å²) >= 11 is 0. The molecule has 3 fully saturated rings. The van der Waals surface area contributed by atoms with Crippen molar-refractivity contribution in [3.8, 4) is 17.3 Å². The number of nitrogens with one attached hydrogen (secondary N) is 1. The molecule has 1 amide bonds. The number of carbonyl (C=O) groups excluding carboxylic acids is 1. The number of hydrogen-bond acceptors (Lipinski definition) is 7. The summed E-state index contributed by atoms with van der Waals surface area (Å²) in [5.41, 5.74) is -1.23. The molecule has 42 heavy (non-hydrogen) atoms. The second-order valence-electron chi connectivity index (χ2n) is 11.0. The Morgan fingerprint density at radius 1 is 1.07 bits per heavy atom. The zero-order valence-corrected chi connectivity index (χ0v) is 22.7. The lowest BCUT2D eigenvalue weighted by molar-refractivity contribution is -0.297. The Balaban J connectivity index is 1.55. The predicted octanol–water partition coefficient (Wildman–Crippen LogP) is 4.92. The van der Waals surface area contributed by atoms with Crippen molar-refractivity contribution >= 4 is 21.4 Å². The summed E-state index contributed by atoms with van der Waals surface area (Å²) in [6.45, 7) is 0.355. The smallest absolute Gasteiger partial charge is 0.439 e. The van der Waals surface area contributed by atoms with Crippen molar-refractivity contribution in [3.05, 3.63) is 35.9 Å². The van der Waals surface area contributed by atoms with Gasteiger partial charge in [0.25, 0.3) is 5.89 Å². The van der Waals surface area contributed by atoms with Crippen molar-refractivity contribution in [1.29, 1.82) is 5.26 Å². The van der Waals surface area contributed by atoms with E-state index < -0.39 is 87.7 Å². The average molecular weight is 623 g/mol. The van der Waals surface area contributed by atoms with Gasteiger partial charge in [0, 0.05) is 49.0 Å². The van der Waals surface area contributed by atoms with Crippen LogP contribution in [0.1, 0.15) is 49.7 Å². The molecule has 228 valence electrons. The van der Waals surface area contributed by atoms with E-state index in [0.717, 1.165) is 0 Å². The summed E-state index contributed by atoms with van der Waals surface area (Å²) in [6, 6.07) is 7.51. The number of benzene rings is 1. The van der Waals surface area contributed by atoms with E-state index in [1.54, 1.807) is 4.90 Å². The summed E-state index contributed by atoms with van der Waals surface area (Å²) in [5.74, 6) is -15.7. The van der Waals surface area contributed by atoms with E-state index in [1.807, 2.05) is 6.07 Å². The standard InChI is InChI=1S/C26H25F7N4O4S/c27-24(28)6-5-17(21(38)36-23(14-34)7-8-23)18(13-24)20-19(35-22(41-20)25(29,30)26(31,32)33)15-1-3-16(4-2-15)37-9-11-42(39,40)12-10-37/h1-4,17-18H,5-13H2,(H,36,38)/t17?,18-/m1/s1. The first-order valence-electron chi connectivity index (χ1n) is 13.1. The Morgan fingerprint density at radius 2 is 1.69 bits per heavy atom. The van der Waals surface area contributed by atoms with Crippen molar-refractivity contribution in [3.63, 3.8) is 0 Å². The summed E-state index contributed by atoms with van der Waals surface area (Å²) < 4.78 is 126. The van der Waals surface area contributed by atoms with E-state index >= 15 is 0 Å². The molecule has 2 saturated carbocycles. The number of sulfone groups is 1. The predicted molar refractivity (Wildman–Crippen MR) is 134 cm³/mol. The number of nitrogens with zero attached hydrogens (tertiary/aromatic N) is 3. The van der Waals surface area contributed by atoms with Gasteiger partial charge < -0.3 is 14.6 Å². The molecule has 0 spiro atoms. The molecule has 2 aliphatic carbocycles. The van der Waals surface area contributed by atoms with Gasteiger partial charge in [0.15, 0.2) is 9.84 Å². The molecular formula is C26H25F7N4O4S. The van der Waals surface area contributed by atoms with Crippen LogP contribution in [0.2, 0.25) is 0 Å². The molecule has 2 atom stereocenters. The Morgan fingerprint density at radius 3 is 2.24 bits per heavy atom. The van der Waals surface area contributed by atoms with Crippen LogP contribution in [0.5, 0.6) is 0 Å². The van der Waals surface area contributed by atoms with Gasteiger partial charge in [-0.2, -0.15) is 27.2 Å². The first-order valence-corrected chi connectivity index (χ1v) is 14.9. The minimum atomic E-state index is -6.11. The van der Waals surface area contributed by atoms with Crippen molar-refractivity contribution in [2.24, 2.45) is 5.92 Å². The molecule has 1 saturated heterocycles. The Hall–Kier alpha value is -3.35. The van der Waals surface area contributed by atoms with Gasteiger partial charge in [-0.15, -0.1) is 0 Å². The topological polar surface area (TPSA) is 116 Å². The fourth-order valence-corrected chi connectivity index (χ4v) is 6.49. The normalized spacial score (nSPS) is 25.0. The third kappa shape index (κ3) is 5.80. The number of aromatic nitrogens is 1. The zero-order chi connectivity index (χ0) is 30.7. The molecule has 5 rings (SSSR count). The number of hydrogen-bond donors (Lipinski definition) is 1. The molecule has 1 aromatic carbocycles. The van der Waals surface area contributed by atoms with Crippen LogP contribution in [-0.4, -0.2) is 61.5 Å². The second-order valence-corrected chi connectivity index (χ2v) is 13.3. The molecule has 8 nitrogen and oxygen atoms in total. The number of anilines is 1. The maximum absolute atomic E-state index is 14.6. The maximum atomic E-state index is 14.6. The number of rotatable bonds is 6. The quantitative estimate of drug-likeness (QED) is 0.455. The summed E-state index contributed by atoms with van der Waals surface area (Å²) in [6.07, 6.45) is -7.71. The summed E-state index contributed by atoms with van der Waals surface area (Å²) in [5, 5.41) is 11.8. The second kappa shape index (κ2) is 10.1. The Kier molecular flexibility index (Phi) is 7.27. The summed E-state index contributed by atoms with van der Waals surface area (Å²) in [7, 11) is -3.19. The fourth-order valence-electron chi connectivity index (χ4n) is 5.29. The molecule has 16 heteroatoms. The highest BCUT2D eigenvalue weighted by molar-refractivity contribution is 7.91. The van der Waals surface area contributed by atoms with Crippen molar-refractivity contribution in [1.82, 2.24) is 10.3 Å². The Labute approximate surface area is 235 Å². The number of carbonyl (C=O) groups is 1. The molecule has 1 aliphatic heterocycles. The van der Waals surface area contributed by atoms with E-state index in [1.165, 1.54) is 24.3 Å². The van der Waals surface area contributed by atoms with Crippen molar-refractivity contribution < 1.29 is 48.4 Å². The van der Waals surface area contributed by atoms with Crippen LogP contribution in [0, 0.1) is 17.2 Å². The van der Waals surface area contributed by atoms with Gasteiger partial charge in [0.05, 0.1) is 17.6 Å². The minimum Gasteiger partial charge on any atom is -0.439 e. The van der Waals surface area contributed by atoms with E-state index in [9.17, 15) is 49.2 Å². The molecule has 1 N–H and O–H groups in total. The van der Waals surface area contributed by atoms with Crippen LogP contribution in [0.4, 0.5) is 36.4 Å². The highest BCUT2D eigenvalue weighted by atomic mass is 32.2. The molecular weight excluding hydrogens is 597 g/mol.